The van der Waals surface area contributed by atoms with Crippen LogP contribution in [0.4, 0.5) is 4.39 Å². The number of nitrogens with one attached hydrogen (secondary N) is 1. The number of carbonyl (C=O) groups excluding carboxylic acids is 1. The van der Waals surface area contributed by atoms with E-state index >= 15 is 0 Å². The second-order valence-electron chi connectivity index (χ2n) is 5.13. The van der Waals surface area contributed by atoms with Gasteiger partial charge < -0.3 is 15.0 Å². The Morgan fingerprint density at radius 2 is 2.10 bits per heavy atom. The molecule has 0 spiro atoms. The standard InChI is InChI=1S/C14H18ClFN2O2/c1-9-6-18(7-10(2)17-9)14(19)8-20-11-3-4-13(16)12(15)5-11/h3-5,9-10,17H,6-8H2,1-2H3/t9-,10-/m0/s1. The number of benzene rings is 1. The average Bonchev–Trinajstić information content (AvgIpc) is 2.38. The van der Waals surface area contributed by atoms with Crippen LogP contribution in [0.25, 0.3) is 0 Å². The maximum atomic E-state index is 13.0. The predicted molar refractivity (Wildman–Crippen MR) is 75.5 cm³/mol. The van der Waals surface area contributed by atoms with E-state index in [1.807, 2.05) is 13.8 Å². The van der Waals surface area contributed by atoms with E-state index < -0.39 is 5.82 Å². The van der Waals surface area contributed by atoms with Gasteiger partial charge >= 0.3 is 0 Å². The number of piperazine rings is 1. The minimum absolute atomic E-state index is 0.0145. The number of amides is 1. The quantitative estimate of drug-likeness (QED) is 0.929. The summed E-state index contributed by atoms with van der Waals surface area (Å²) in [5, 5.41) is 3.34. The predicted octanol–water partition coefficient (Wildman–Crippen LogP) is 2.07. The molecule has 4 nitrogen and oxygen atoms in total. The van der Waals surface area contributed by atoms with E-state index in [1.54, 1.807) is 4.90 Å². The van der Waals surface area contributed by atoms with Crippen LogP contribution in [0.2, 0.25) is 5.02 Å². The van der Waals surface area contributed by atoms with Gasteiger partial charge in [0.1, 0.15) is 11.6 Å². The van der Waals surface area contributed by atoms with Gasteiger partial charge in [-0.3, -0.25) is 4.79 Å². The normalized spacial score (nSPS) is 22.7. The summed E-state index contributed by atoms with van der Waals surface area (Å²) < 4.78 is 18.4. The second-order valence-corrected chi connectivity index (χ2v) is 5.54. The van der Waals surface area contributed by atoms with Crippen LogP contribution in [-0.2, 0) is 4.79 Å². The highest BCUT2D eigenvalue weighted by atomic mass is 35.5. The van der Waals surface area contributed by atoms with E-state index in [0.29, 0.717) is 18.8 Å². The molecule has 1 heterocycles. The van der Waals surface area contributed by atoms with Crippen molar-refractivity contribution < 1.29 is 13.9 Å². The van der Waals surface area contributed by atoms with Crippen LogP contribution in [0.3, 0.4) is 0 Å². The number of halogens is 2. The SMILES string of the molecule is C[C@H]1CN(C(=O)COc2ccc(F)c(Cl)c2)C[C@H](C)N1. The van der Waals surface area contributed by atoms with Gasteiger partial charge in [0.25, 0.3) is 5.91 Å². The molecule has 0 aliphatic carbocycles. The Morgan fingerprint density at radius 3 is 2.70 bits per heavy atom. The minimum atomic E-state index is -0.505. The van der Waals surface area contributed by atoms with Crippen molar-refractivity contribution in [3.8, 4) is 5.75 Å². The maximum absolute atomic E-state index is 13.0. The van der Waals surface area contributed by atoms with Crippen LogP contribution in [-0.4, -0.2) is 42.6 Å². The van der Waals surface area contributed by atoms with E-state index in [9.17, 15) is 9.18 Å². The van der Waals surface area contributed by atoms with Crippen molar-refractivity contribution in [1.82, 2.24) is 10.2 Å². The molecule has 0 bridgehead atoms. The summed E-state index contributed by atoms with van der Waals surface area (Å²) in [6.07, 6.45) is 0. The Bertz CT molecular complexity index is 488. The van der Waals surface area contributed by atoms with E-state index in [2.05, 4.69) is 5.32 Å². The summed E-state index contributed by atoms with van der Waals surface area (Å²) in [7, 11) is 0. The van der Waals surface area contributed by atoms with E-state index in [1.165, 1.54) is 18.2 Å². The second kappa shape index (κ2) is 6.41. The van der Waals surface area contributed by atoms with E-state index in [0.717, 1.165) is 0 Å². The third-order valence-electron chi connectivity index (χ3n) is 3.16. The fourth-order valence-electron chi connectivity index (χ4n) is 2.33. The third kappa shape index (κ3) is 3.84. The summed E-state index contributed by atoms with van der Waals surface area (Å²) in [5.41, 5.74) is 0. The zero-order chi connectivity index (χ0) is 14.7. The number of nitrogens with zero attached hydrogens (tertiary/aromatic N) is 1. The highest BCUT2D eigenvalue weighted by Crippen LogP contribution is 2.21. The molecule has 1 aromatic rings. The summed E-state index contributed by atoms with van der Waals surface area (Å²) in [6.45, 7) is 5.34. The molecule has 1 aromatic carbocycles. The summed E-state index contributed by atoms with van der Waals surface area (Å²) >= 11 is 5.66. The molecule has 2 rings (SSSR count). The molecule has 1 amide bonds. The van der Waals surface area contributed by atoms with Gasteiger partial charge in [0.15, 0.2) is 6.61 Å². The van der Waals surface area contributed by atoms with Crippen LogP contribution in [0.15, 0.2) is 18.2 Å². The molecule has 1 saturated heterocycles. The largest absolute Gasteiger partial charge is 0.484 e. The van der Waals surface area contributed by atoms with Gasteiger partial charge in [0, 0.05) is 31.2 Å². The molecule has 1 aliphatic rings. The summed E-state index contributed by atoms with van der Waals surface area (Å²) in [5.74, 6) is -0.193. The molecule has 0 radical (unpaired) electrons. The Kier molecular flexibility index (Phi) is 4.83. The van der Waals surface area contributed by atoms with Crippen LogP contribution in [0, 0.1) is 5.82 Å². The van der Waals surface area contributed by atoms with Gasteiger partial charge in [-0.2, -0.15) is 0 Å². The molecule has 1 fully saturated rings. The Hall–Kier alpha value is -1.33. The third-order valence-corrected chi connectivity index (χ3v) is 3.45. The van der Waals surface area contributed by atoms with Gasteiger partial charge in [0.05, 0.1) is 5.02 Å². The van der Waals surface area contributed by atoms with Crippen molar-refractivity contribution in [2.24, 2.45) is 0 Å². The fourth-order valence-corrected chi connectivity index (χ4v) is 2.50. The molecule has 6 heteroatoms. The number of hydrogen-bond acceptors (Lipinski definition) is 3. The molecular weight excluding hydrogens is 283 g/mol. The van der Waals surface area contributed by atoms with E-state index in [4.69, 9.17) is 16.3 Å². The smallest absolute Gasteiger partial charge is 0.260 e. The van der Waals surface area contributed by atoms with Crippen molar-refractivity contribution in [2.75, 3.05) is 19.7 Å². The molecule has 0 saturated carbocycles. The van der Waals surface area contributed by atoms with Gasteiger partial charge in [0.2, 0.25) is 0 Å². The number of carbonyl (C=O) groups is 1. The first-order valence-electron chi connectivity index (χ1n) is 6.57. The van der Waals surface area contributed by atoms with Crippen LogP contribution < -0.4 is 10.1 Å². The lowest BCUT2D eigenvalue weighted by atomic mass is 10.1. The van der Waals surface area contributed by atoms with Crippen molar-refractivity contribution in [2.45, 2.75) is 25.9 Å². The zero-order valence-corrected chi connectivity index (χ0v) is 12.3. The number of rotatable bonds is 3. The Morgan fingerprint density at radius 1 is 1.45 bits per heavy atom. The molecule has 110 valence electrons. The lowest BCUT2D eigenvalue weighted by Crippen LogP contribution is -2.56. The number of ether oxygens (including phenoxy) is 1. The van der Waals surface area contributed by atoms with Crippen LogP contribution >= 0.6 is 11.6 Å². The maximum Gasteiger partial charge on any atom is 0.260 e. The highest BCUT2D eigenvalue weighted by molar-refractivity contribution is 6.30. The lowest BCUT2D eigenvalue weighted by Gasteiger charge is -2.36. The molecular formula is C14H18ClFN2O2. The summed E-state index contributed by atoms with van der Waals surface area (Å²) in [4.78, 5) is 13.9. The van der Waals surface area contributed by atoms with Gasteiger partial charge in [-0.25, -0.2) is 4.39 Å². The zero-order valence-electron chi connectivity index (χ0n) is 11.5. The van der Waals surface area contributed by atoms with Gasteiger partial charge in [-0.05, 0) is 26.0 Å². The fraction of sp³-hybridized carbons (Fsp3) is 0.500. The number of hydrogen-bond donors (Lipinski definition) is 1. The van der Waals surface area contributed by atoms with Gasteiger partial charge in [-0.15, -0.1) is 0 Å². The molecule has 1 N–H and O–H groups in total. The Labute approximate surface area is 122 Å². The first-order chi connectivity index (χ1) is 9.45. The van der Waals surface area contributed by atoms with Crippen molar-refractivity contribution in [1.29, 1.82) is 0 Å². The van der Waals surface area contributed by atoms with Crippen molar-refractivity contribution in [3.63, 3.8) is 0 Å². The van der Waals surface area contributed by atoms with Gasteiger partial charge in [-0.1, -0.05) is 11.6 Å². The van der Waals surface area contributed by atoms with Crippen LogP contribution in [0.5, 0.6) is 5.75 Å². The molecule has 1 aliphatic heterocycles. The average molecular weight is 301 g/mol. The first-order valence-corrected chi connectivity index (χ1v) is 6.95. The Balaban J connectivity index is 1.89. The molecule has 0 unspecified atom stereocenters. The van der Waals surface area contributed by atoms with E-state index in [-0.39, 0.29) is 29.6 Å². The molecule has 2 atom stereocenters. The topological polar surface area (TPSA) is 41.6 Å². The first kappa shape index (κ1) is 15.1. The monoisotopic (exact) mass is 300 g/mol. The minimum Gasteiger partial charge on any atom is -0.484 e. The van der Waals surface area contributed by atoms with Crippen molar-refractivity contribution in [3.05, 3.63) is 29.0 Å². The highest BCUT2D eigenvalue weighted by Gasteiger charge is 2.24. The molecule has 0 aromatic heterocycles. The lowest BCUT2D eigenvalue weighted by molar-refractivity contribution is -0.135. The van der Waals surface area contributed by atoms with Crippen molar-refractivity contribution >= 4 is 17.5 Å². The summed E-state index contributed by atoms with van der Waals surface area (Å²) in [6, 6.07) is 4.58. The van der Waals surface area contributed by atoms with Crippen LogP contribution in [0.1, 0.15) is 13.8 Å². The molecule has 20 heavy (non-hydrogen) atoms.